The lowest BCUT2D eigenvalue weighted by Crippen LogP contribution is -2.48. The van der Waals surface area contributed by atoms with Gasteiger partial charge in [-0.3, -0.25) is 14.4 Å². The van der Waals surface area contributed by atoms with E-state index in [1.165, 1.54) is 5.69 Å². The van der Waals surface area contributed by atoms with E-state index in [1.807, 2.05) is 27.0 Å². The summed E-state index contributed by atoms with van der Waals surface area (Å²) in [7, 11) is 6.11. The second-order valence-corrected chi connectivity index (χ2v) is 12.1. The number of carbonyl (C=O) groups excluding carboxylic acids is 2. The lowest BCUT2D eigenvalue weighted by molar-refractivity contribution is -0.128. The molecule has 192 valence electrons. The molecule has 34 heavy (non-hydrogen) atoms. The van der Waals surface area contributed by atoms with Crippen molar-refractivity contribution in [2.75, 3.05) is 34.2 Å². The average molecular weight is 477 g/mol. The van der Waals surface area contributed by atoms with E-state index in [1.54, 1.807) is 11.9 Å². The van der Waals surface area contributed by atoms with Gasteiger partial charge in [0, 0.05) is 18.5 Å². The fourth-order valence-electron chi connectivity index (χ4n) is 5.74. The van der Waals surface area contributed by atoms with Gasteiger partial charge in [-0.2, -0.15) is 5.10 Å². The molecule has 0 unspecified atom stereocenters. The number of carbonyl (C=O) groups is 2. The molecule has 0 bridgehead atoms. The zero-order valence-corrected chi connectivity index (χ0v) is 22.6. The normalized spacial score (nSPS) is 24.8. The molecule has 3 rings (SSSR count). The van der Waals surface area contributed by atoms with Crippen molar-refractivity contribution in [2.24, 2.45) is 5.41 Å². The van der Waals surface area contributed by atoms with E-state index in [0.717, 1.165) is 57.2 Å². The van der Waals surface area contributed by atoms with E-state index < -0.39 is 5.60 Å². The Morgan fingerprint density at radius 1 is 1.24 bits per heavy atom. The van der Waals surface area contributed by atoms with E-state index in [0.29, 0.717) is 16.9 Å². The molecule has 8 heteroatoms. The van der Waals surface area contributed by atoms with Gasteiger partial charge in [0.05, 0.1) is 32.3 Å². The molecule has 0 atom stereocenters. The minimum Gasteiger partial charge on any atom is -0.444 e. The van der Waals surface area contributed by atoms with Crippen LogP contribution in [0.5, 0.6) is 0 Å². The maximum Gasteiger partial charge on any atom is 0.410 e. The smallest absolute Gasteiger partial charge is 0.410 e. The van der Waals surface area contributed by atoms with Crippen LogP contribution in [0.1, 0.15) is 91.2 Å². The molecular weight excluding hydrogens is 430 g/mol. The van der Waals surface area contributed by atoms with Crippen LogP contribution in [0.15, 0.2) is 6.20 Å². The lowest BCUT2D eigenvalue weighted by atomic mass is 9.69. The maximum absolute atomic E-state index is 12.8. The summed E-state index contributed by atoms with van der Waals surface area (Å²) in [6, 6.07) is 0. The number of hydrogen-bond acceptors (Lipinski definition) is 4. The van der Waals surface area contributed by atoms with Gasteiger partial charge in [0.15, 0.2) is 5.69 Å². The van der Waals surface area contributed by atoms with Crippen molar-refractivity contribution < 1.29 is 14.3 Å². The summed E-state index contributed by atoms with van der Waals surface area (Å²) in [6.07, 6.45) is 8.55. The molecule has 1 saturated heterocycles. The third-order valence-electron chi connectivity index (χ3n) is 8.22. The molecule has 1 spiro atoms. The maximum atomic E-state index is 12.8. The van der Waals surface area contributed by atoms with Crippen LogP contribution in [0.4, 0.5) is 10.5 Å². The summed E-state index contributed by atoms with van der Waals surface area (Å²) in [5.74, 6) is 0.631. The summed E-state index contributed by atoms with van der Waals surface area (Å²) in [4.78, 5) is 26.8. The van der Waals surface area contributed by atoms with Gasteiger partial charge in [-0.1, -0.05) is 13.8 Å². The monoisotopic (exact) mass is 476 g/mol. The van der Waals surface area contributed by atoms with Gasteiger partial charge in [-0.25, -0.2) is 4.79 Å². The molecule has 1 aromatic rings. The highest BCUT2D eigenvalue weighted by Gasteiger charge is 2.53. The van der Waals surface area contributed by atoms with Crippen molar-refractivity contribution >= 4 is 17.7 Å². The summed E-state index contributed by atoms with van der Waals surface area (Å²) < 4.78 is 6.12. The van der Waals surface area contributed by atoms with Gasteiger partial charge in [0.25, 0.3) is 0 Å². The second-order valence-electron chi connectivity index (χ2n) is 12.1. The van der Waals surface area contributed by atoms with Crippen molar-refractivity contribution in [3.8, 4) is 0 Å². The van der Waals surface area contributed by atoms with Crippen LogP contribution in [0.2, 0.25) is 0 Å². The molecule has 2 fully saturated rings. The van der Waals surface area contributed by atoms with Crippen LogP contribution in [0.25, 0.3) is 0 Å². The van der Waals surface area contributed by atoms with Crippen molar-refractivity contribution in [3.05, 3.63) is 11.9 Å². The van der Waals surface area contributed by atoms with Crippen LogP contribution < -0.4 is 9.80 Å². The van der Waals surface area contributed by atoms with Gasteiger partial charge >= 0.3 is 6.09 Å². The van der Waals surface area contributed by atoms with Crippen LogP contribution in [-0.4, -0.2) is 72.5 Å². The van der Waals surface area contributed by atoms with Crippen molar-refractivity contribution in [3.63, 3.8) is 0 Å². The topological polar surface area (TPSA) is 87.3 Å². The highest BCUT2D eigenvalue weighted by Crippen LogP contribution is 2.50. The molecule has 1 aliphatic heterocycles. The zero-order chi connectivity index (χ0) is 25.4. The van der Waals surface area contributed by atoms with Gasteiger partial charge in [0.2, 0.25) is 5.91 Å². The van der Waals surface area contributed by atoms with E-state index >= 15 is 0 Å². The standard InChI is InChI=1S/C26H45N5O3/c1-9-25(10-2)18-26(28-22(25)32)13-11-19(12-14-26)21-20(17-27-29-21)31(7,8)16-15-30(6)23(33)34-24(3,4)5/h17,19H,9-16,18H2,1-8H3,(H-,27,28,29,32)/p+1/t19-,26-. The first-order valence-electron chi connectivity index (χ1n) is 12.9. The number of H-pyrrole nitrogens is 1. The number of likely N-dealkylation sites (N-methyl/N-ethyl adjacent to an activating group) is 2. The highest BCUT2D eigenvalue weighted by molar-refractivity contribution is 5.86. The molecule has 8 nitrogen and oxygen atoms in total. The molecule has 2 N–H and O–H groups in total. The average Bonchev–Trinajstić information content (AvgIpc) is 3.35. The largest absolute Gasteiger partial charge is 0.444 e. The number of hydrogen-bond donors (Lipinski definition) is 2. The first-order chi connectivity index (χ1) is 15.8. The van der Waals surface area contributed by atoms with Crippen LogP contribution in [0, 0.1) is 5.41 Å². The predicted octanol–water partition coefficient (Wildman–Crippen LogP) is 4.57. The number of ether oxygens (including phenoxy) is 1. The molecule has 2 aliphatic rings. The Bertz CT molecular complexity index is 873. The number of rotatable bonds is 7. The van der Waals surface area contributed by atoms with Crippen molar-refractivity contribution in [2.45, 2.75) is 96.6 Å². The molecule has 1 aromatic heterocycles. The fourth-order valence-corrected chi connectivity index (χ4v) is 5.74. The minimum absolute atomic E-state index is 0.0451. The Hall–Kier alpha value is -2.09. The first kappa shape index (κ1) is 26.5. The summed E-state index contributed by atoms with van der Waals surface area (Å²) in [5.41, 5.74) is 1.56. The van der Waals surface area contributed by atoms with E-state index in [9.17, 15) is 9.59 Å². The molecule has 2 amide bonds. The summed E-state index contributed by atoms with van der Waals surface area (Å²) >= 11 is 0. The number of nitrogens with one attached hydrogen (secondary N) is 2. The van der Waals surface area contributed by atoms with E-state index in [-0.39, 0.29) is 23.0 Å². The molecule has 1 saturated carbocycles. The van der Waals surface area contributed by atoms with Crippen LogP contribution >= 0.6 is 0 Å². The van der Waals surface area contributed by atoms with Crippen molar-refractivity contribution in [1.82, 2.24) is 24.9 Å². The second kappa shape index (κ2) is 9.51. The van der Waals surface area contributed by atoms with Gasteiger partial charge in [-0.15, -0.1) is 0 Å². The summed E-state index contributed by atoms with van der Waals surface area (Å²) in [6.45, 7) is 11.3. The SMILES string of the molecule is CCC1(CC)C[C@]2(CC[C@@H](c3n[nH]cc3[N+](C)(C)CCN(C)C(=O)OC(C)(C)C)CC2)NC1=O. The zero-order valence-electron chi connectivity index (χ0n) is 22.6. The van der Waals surface area contributed by atoms with Gasteiger partial charge in [0.1, 0.15) is 17.8 Å². The Morgan fingerprint density at radius 2 is 1.85 bits per heavy atom. The quantitative estimate of drug-likeness (QED) is 0.565. The van der Waals surface area contributed by atoms with Crippen LogP contribution in [0.3, 0.4) is 0 Å². The minimum atomic E-state index is -0.501. The third kappa shape index (κ3) is 5.42. The first-order valence-corrected chi connectivity index (χ1v) is 12.9. The Morgan fingerprint density at radius 3 is 2.38 bits per heavy atom. The lowest BCUT2D eigenvalue weighted by Gasteiger charge is -2.38. The fraction of sp³-hybridized carbons (Fsp3) is 0.808. The Labute approximate surface area is 205 Å². The van der Waals surface area contributed by atoms with Crippen molar-refractivity contribution in [1.29, 1.82) is 0 Å². The van der Waals surface area contributed by atoms with E-state index in [2.05, 4.69) is 43.5 Å². The number of aromatic nitrogens is 2. The molecule has 0 radical (unpaired) electrons. The molecule has 1 aliphatic carbocycles. The molecule has 0 aromatic carbocycles. The Balaban J connectivity index is 1.64. The number of nitrogens with zero attached hydrogens (tertiary/aromatic N) is 3. The molecular formula is C26H46N5O3+. The number of amides is 2. The molecule has 2 heterocycles. The number of aromatic amines is 1. The van der Waals surface area contributed by atoms with Gasteiger partial charge in [-0.05, 0) is 65.7 Å². The number of quaternary nitrogens is 1. The summed E-state index contributed by atoms with van der Waals surface area (Å²) in [5, 5.41) is 11.2. The third-order valence-corrected chi connectivity index (χ3v) is 8.22. The van der Waals surface area contributed by atoms with E-state index in [4.69, 9.17) is 4.74 Å². The highest BCUT2D eigenvalue weighted by atomic mass is 16.6. The Kier molecular flexibility index (Phi) is 7.42. The van der Waals surface area contributed by atoms with Gasteiger partial charge < -0.3 is 15.0 Å². The predicted molar refractivity (Wildman–Crippen MR) is 136 cm³/mol. The van der Waals surface area contributed by atoms with Crippen LogP contribution in [-0.2, 0) is 9.53 Å².